The second kappa shape index (κ2) is 12.9. The van der Waals surface area contributed by atoms with E-state index in [0.717, 1.165) is 36.8 Å². The van der Waals surface area contributed by atoms with Gasteiger partial charge >= 0.3 is 0 Å². The molecule has 0 N–H and O–H groups in total. The molecule has 9 heteroatoms. The zero-order chi connectivity index (χ0) is 27.9. The molecule has 0 radical (unpaired) electrons. The number of fused-ring (bicyclic) bond motifs is 1. The fourth-order valence-electron chi connectivity index (χ4n) is 5.42. The van der Waals surface area contributed by atoms with Crippen LogP contribution in [0.1, 0.15) is 55.0 Å². The number of hydrogen-bond donors (Lipinski definition) is 0. The van der Waals surface area contributed by atoms with Crippen molar-refractivity contribution in [2.45, 2.75) is 44.4 Å². The number of aromatic nitrogens is 2. The first-order chi connectivity index (χ1) is 19.6. The van der Waals surface area contributed by atoms with Gasteiger partial charge in [-0.1, -0.05) is 37.5 Å². The molecular weight excluding hydrogens is 508 g/mol. The maximum Gasteiger partial charge on any atom is 0.282 e. The van der Waals surface area contributed by atoms with Gasteiger partial charge in [-0.3, -0.25) is 9.59 Å². The Morgan fingerprint density at radius 2 is 1.95 bits per heavy atom. The molecular formula is C31H36N4O5. The molecule has 2 fully saturated rings. The van der Waals surface area contributed by atoms with Crippen LogP contribution in [-0.4, -0.2) is 66.7 Å². The van der Waals surface area contributed by atoms with E-state index in [1.807, 2.05) is 24.3 Å². The molecule has 0 unspecified atom stereocenters. The van der Waals surface area contributed by atoms with Crippen molar-refractivity contribution in [2.75, 3.05) is 40.0 Å². The molecule has 9 nitrogen and oxygen atoms in total. The van der Waals surface area contributed by atoms with Gasteiger partial charge in [0.05, 0.1) is 37.4 Å². The Bertz CT molecular complexity index is 1450. The summed E-state index contributed by atoms with van der Waals surface area (Å²) in [6, 6.07) is 11.1. The van der Waals surface area contributed by atoms with Crippen molar-refractivity contribution in [1.29, 1.82) is 0 Å². The summed E-state index contributed by atoms with van der Waals surface area (Å²) in [5, 5.41) is 5.20. The Kier molecular flexibility index (Phi) is 8.91. The van der Waals surface area contributed by atoms with Crippen LogP contribution in [0.4, 0.5) is 0 Å². The lowest BCUT2D eigenvalue weighted by molar-refractivity contribution is -0.137. The van der Waals surface area contributed by atoms with Crippen LogP contribution >= 0.6 is 0 Å². The van der Waals surface area contributed by atoms with Crippen LogP contribution in [0.3, 0.4) is 0 Å². The fraction of sp³-hybridized carbons (Fsp3) is 0.419. The molecule has 2 aliphatic rings. The van der Waals surface area contributed by atoms with Gasteiger partial charge in [-0.15, -0.1) is 6.58 Å². The summed E-state index contributed by atoms with van der Waals surface area (Å²) in [5.41, 5.74) is 2.06. The van der Waals surface area contributed by atoms with E-state index in [4.69, 9.17) is 19.2 Å². The quantitative estimate of drug-likeness (QED) is 0.295. The number of para-hydroxylation sites is 1. The van der Waals surface area contributed by atoms with Crippen molar-refractivity contribution in [3.63, 3.8) is 0 Å². The molecule has 3 aromatic rings. The highest BCUT2D eigenvalue weighted by atomic mass is 16.5. The van der Waals surface area contributed by atoms with E-state index in [-0.39, 0.29) is 24.0 Å². The van der Waals surface area contributed by atoms with Crippen LogP contribution < -0.4 is 15.0 Å². The second-order valence-corrected chi connectivity index (χ2v) is 10.2. The van der Waals surface area contributed by atoms with Crippen molar-refractivity contribution in [2.24, 2.45) is 5.10 Å². The number of carbonyl (C=O) groups is 1. The Hall–Kier alpha value is -3.98. The molecule has 1 aliphatic carbocycles. The summed E-state index contributed by atoms with van der Waals surface area (Å²) in [5.74, 6) is 1.77. The summed E-state index contributed by atoms with van der Waals surface area (Å²) in [6.07, 6.45) is 9.36. The summed E-state index contributed by atoms with van der Waals surface area (Å²) in [4.78, 5) is 32.9. The number of benzene rings is 2. The van der Waals surface area contributed by atoms with Crippen molar-refractivity contribution in [1.82, 2.24) is 14.6 Å². The van der Waals surface area contributed by atoms with Gasteiger partial charge in [-0.05, 0) is 49.1 Å². The summed E-state index contributed by atoms with van der Waals surface area (Å²) in [6.45, 7) is 5.95. The maximum absolute atomic E-state index is 13.5. The Balaban J connectivity index is 1.47. The van der Waals surface area contributed by atoms with Crippen LogP contribution in [0.5, 0.6) is 11.5 Å². The molecule has 40 heavy (non-hydrogen) atoms. The van der Waals surface area contributed by atoms with Crippen molar-refractivity contribution in [3.05, 3.63) is 76.4 Å². The summed E-state index contributed by atoms with van der Waals surface area (Å²) >= 11 is 0. The predicted molar refractivity (Wildman–Crippen MR) is 155 cm³/mol. The lowest BCUT2D eigenvalue weighted by atomic mass is 9.88. The third-order valence-electron chi connectivity index (χ3n) is 7.51. The van der Waals surface area contributed by atoms with Crippen LogP contribution in [0, 0.1) is 0 Å². The second-order valence-electron chi connectivity index (χ2n) is 10.2. The lowest BCUT2D eigenvalue weighted by Crippen LogP contribution is -2.43. The van der Waals surface area contributed by atoms with E-state index in [9.17, 15) is 9.59 Å². The minimum atomic E-state index is -0.178. The topological polar surface area (TPSA) is 95.2 Å². The summed E-state index contributed by atoms with van der Waals surface area (Å²) in [7, 11) is 1.56. The van der Waals surface area contributed by atoms with Crippen LogP contribution in [0.2, 0.25) is 0 Å². The van der Waals surface area contributed by atoms with Crippen molar-refractivity contribution < 1.29 is 19.0 Å². The highest BCUT2D eigenvalue weighted by molar-refractivity contribution is 5.83. The highest BCUT2D eigenvalue weighted by Gasteiger charge is 2.23. The molecule has 0 spiro atoms. The number of allylic oxidation sites excluding steroid dienone is 1. The zero-order valence-corrected chi connectivity index (χ0v) is 23.0. The number of carbonyl (C=O) groups excluding carboxylic acids is 1. The first-order valence-electron chi connectivity index (χ1n) is 13.9. The standard InChI is InChI=1S/C31H36N4O5/c1-3-9-24-18-22(19-27(38-2)29(24)40-21-28(36)34-14-16-39-17-15-34)20-32-35-30(23-10-5-4-6-11-23)33-26-13-8-7-12-25(26)31(35)37/h3,7-8,12-13,18-20,23H,1,4-6,9-11,14-17,21H2,2H3. The molecule has 2 aromatic carbocycles. The minimum absolute atomic E-state index is 0.0982. The van der Waals surface area contributed by atoms with Gasteiger partial charge < -0.3 is 19.1 Å². The molecule has 1 saturated carbocycles. The summed E-state index contributed by atoms with van der Waals surface area (Å²) < 4.78 is 18.4. The van der Waals surface area contributed by atoms with Crippen LogP contribution in [0.25, 0.3) is 10.9 Å². The van der Waals surface area contributed by atoms with Gasteiger partial charge in [0.25, 0.3) is 11.5 Å². The van der Waals surface area contributed by atoms with E-state index in [1.54, 1.807) is 36.4 Å². The molecule has 1 aromatic heterocycles. The van der Waals surface area contributed by atoms with Crippen LogP contribution in [0.15, 0.2) is 58.9 Å². The van der Waals surface area contributed by atoms with Gasteiger partial charge in [0.15, 0.2) is 18.1 Å². The SMILES string of the molecule is C=CCc1cc(C=Nn2c(C3CCCCC3)nc3ccccc3c2=O)cc(OC)c1OCC(=O)N1CCOCC1. The fourth-order valence-corrected chi connectivity index (χ4v) is 5.42. The average Bonchev–Trinajstić information content (AvgIpc) is 3.00. The Morgan fingerprint density at radius 3 is 2.70 bits per heavy atom. The number of hydrogen-bond acceptors (Lipinski definition) is 7. The molecule has 0 bridgehead atoms. The molecule has 210 valence electrons. The number of methoxy groups -OCH3 is 1. The van der Waals surface area contributed by atoms with Crippen molar-refractivity contribution in [3.8, 4) is 11.5 Å². The maximum atomic E-state index is 13.5. The van der Waals surface area contributed by atoms with E-state index >= 15 is 0 Å². The molecule has 2 heterocycles. The predicted octanol–water partition coefficient (Wildman–Crippen LogP) is 4.30. The third kappa shape index (κ3) is 6.09. The minimum Gasteiger partial charge on any atom is -0.493 e. The number of rotatable bonds is 9. The third-order valence-corrected chi connectivity index (χ3v) is 7.51. The van der Waals surface area contributed by atoms with Gasteiger partial charge in [0, 0.05) is 24.6 Å². The monoisotopic (exact) mass is 544 g/mol. The van der Waals surface area contributed by atoms with Gasteiger partial charge in [-0.25, -0.2) is 4.98 Å². The highest BCUT2D eigenvalue weighted by Crippen LogP contribution is 2.34. The Labute approximate surface area is 234 Å². The normalized spacial score (nSPS) is 16.4. The smallest absolute Gasteiger partial charge is 0.282 e. The first kappa shape index (κ1) is 27.6. The molecule has 1 aliphatic heterocycles. The van der Waals surface area contributed by atoms with E-state index < -0.39 is 0 Å². The van der Waals surface area contributed by atoms with Gasteiger partial charge in [0.1, 0.15) is 5.82 Å². The largest absolute Gasteiger partial charge is 0.493 e. The number of morpholine rings is 1. The average molecular weight is 545 g/mol. The van der Waals surface area contributed by atoms with Gasteiger partial charge in [0.2, 0.25) is 0 Å². The van der Waals surface area contributed by atoms with E-state index in [2.05, 4.69) is 11.7 Å². The molecule has 0 atom stereocenters. The number of nitrogens with zero attached hydrogens (tertiary/aromatic N) is 4. The molecule has 1 saturated heterocycles. The van der Waals surface area contributed by atoms with Gasteiger partial charge in [-0.2, -0.15) is 9.78 Å². The van der Waals surface area contributed by atoms with E-state index in [1.165, 1.54) is 11.1 Å². The number of ether oxygens (including phenoxy) is 3. The van der Waals surface area contributed by atoms with Crippen LogP contribution in [-0.2, 0) is 16.0 Å². The number of amides is 1. The van der Waals surface area contributed by atoms with Crippen molar-refractivity contribution >= 4 is 23.0 Å². The lowest BCUT2D eigenvalue weighted by Gasteiger charge is -2.27. The molecule has 5 rings (SSSR count). The van der Waals surface area contributed by atoms with E-state index in [0.29, 0.717) is 61.0 Å². The molecule has 1 amide bonds. The Morgan fingerprint density at radius 1 is 1.18 bits per heavy atom. The first-order valence-corrected chi connectivity index (χ1v) is 13.9. The zero-order valence-electron chi connectivity index (χ0n) is 23.0.